The lowest BCUT2D eigenvalue weighted by molar-refractivity contribution is -0.439. The largest absolute Gasteiger partial charge is 0.398 e. The lowest BCUT2D eigenvalue weighted by Crippen LogP contribution is -2.14. The molecule has 1 aromatic rings. The normalized spacial score (nSPS) is 9.86. The first kappa shape index (κ1) is 10.3. The fraction of sp³-hybridized carbons (Fsp3) is 0.125. The molecule has 0 aliphatic carbocycles. The van der Waals surface area contributed by atoms with Gasteiger partial charge in [-0.1, -0.05) is 0 Å². The van der Waals surface area contributed by atoms with Crippen molar-refractivity contribution >= 4 is 11.6 Å². The maximum Gasteiger partial charge on any atom is 0.250 e. The van der Waals surface area contributed by atoms with E-state index in [0.717, 1.165) is 0 Å². The van der Waals surface area contributed by atoms with Crippen molar-refractivity contribution in [2.24, 2.45) is 5.73 Å². The molecule has 0 radical (unpaired) electrons. The molecule has 76 valence electrons. The highest BCUT2D eigenvalue weighted by Gasteiger charge is 2.10. The van der Waals surface area contributed by atoms with Crippen LogP contribution in [0.2, 0.25) is 0 Å². The van der Waals surface area contributed by atoms with Gasteiger partial charge in [0.15, 0.2) is 5.75 Å². The van der Waals surface area contributed by atoms with Crippen LogP contribution in [0, 0.1) is 6.92 Å². The van der Waals surface area contributed by atoms with Crippen molar-refractivity contribution in [1.29, 1.82) is 0 Å². The van der Waals surface area contributed by atoms with Crippen LogP contribution in [-0.2, 0) is 5.04 Å². The predicted octanol–water partition coefficient (Wildman–Crippen LogP) is 0.460. The van der Waals surface area contributed by atoms with E-state index in [1.54, 1.807) is 6.92 Å². The van der Waals surface area contributed by atoms with Crippen LogP contribution in [0.3, 0.4) is 0 Å². The van der Waals surface area contributed by atoms with E-state index >= 15 is 0 Å². The first-order valence-corrected chi connectivity index (χ1v) is 3.74. The molecule has 0 fully saturated rings. The molecule has 14 heavy (non-hydrogen) atoms. The summed E-state index contributed by atoms with van der Waals surface area (Å²) >= 11 is 0. The standard InChI is InChI=1S/C8H10N2O4/c1-4-2-5(8(10)11)6(9)3-7(4)13-14-12/h2-3,12H,9H2,1H3,(H2,10,11). The Morgan fingerprint density at radius 2 is 2.14 bits per heavy atom. The van der Waals surface area contributed by atoms with E-state index in [9.17, 15) is 4.79 Å². The van der Waals surface area contributed by atoms with Crippen molar-refractivity contribution in [3.63, 3.8) is 0 Å². The van der Waals surface area contributed by atoms with E-state index in [2.05, 4.69) is 9.93 Å². The zero-order chi connectivity index (χ0) is 10.7. The Bertz CT molecular complexity index is 365. The van der Waals surface area contributed by atoms with Crippen LogP contribution >= 0.6 is 0 Å². The molecular formula is C8H10N2O4. The van der Waals surface area contributed by atoms with Gasteiger partial charge in [-0.05, 0) is 23.6 Å². The van der Waals surface area contributed by atoms with Crippen LogP contribution in [0.5, 0.6) is 5.75 Å². The first-order valence-electron chi connectivity index (χ1n) is 3.74. The van der Waals surface area contributed by atoms with Crippen molar-refractivity contribution in [1.82, 2.24) is 0 Å². The number of nitrogens with two attached hydrogens (primary N) is 2. The van der Waals surface area contributed by atoms with Crippen LogP contribution in [0.25, 0.3) is 0 Å². The molecule has 0 bridgehead atoms. The maximum absolute atomic E-state index is 10.9. The number of anilines is 1. The summed E-state index contributed by atoms with van der Waals surface area (Å²) in [6.45, 7) is 1.65. The molecule has 0 aliphatic rings. The Labute approximate surface area is 79.9 Å². The van der Waals surface area contributed by atoms with E-state index in [1.165, 1.54) is 12.1 Å². The molecule has 0 atom stereocenters. The number of hydrogen-bond acceptors (Lipinski definition) is 5. The van der Waals surface area contributed by atoms with Crippen LogP contribution in [0.1, 0.15) is 15.9 Å². The first-order chi connectivity index (χ1) is 6.56. The third-order valence-electron chi connectivity index (χ3n) is 1.74. The Morgan fingerprint density at radius 3 is 2.64 bits per heavy atom. The molecule has 1 rings (SSSR count). The predicted molar refractivity (Wildman–Crippen MR) is 48.5 cm³/mol. The van der Waals surface area contributed by atoms with Crippen molar-refractivity contribution in [2.45, 2.75) is 6.92 Å². The fourth-order valence-corrected chi connectivity index (χ4v) is 1.05. The van der Waals surface area contributed by atoms with E-state index in [0.29, 0.717) is 5.56 Å². The molecule has 0 saturated heterocycles. The van der Waals surface area contributed by atoms with E-state index in [4.69, 9.17) is 16.7 Å². The Balaban J connectivity index is 3.17. The Morgan fingerprint density at radius 1 is 1.50 bits per heavy atom. The molecular weight excluding hydrogens is 188 g/mol. The summed E-state index contributed by atoms with van der Waals surface area (Å²) in [5.74, 6) is -0.405. The Kier molecular flexibility index (Phi) is 2.90. The van der Waals surface area contributed by atoms with Crippen LogP contribution in [-0.4, -0.2) is 11.2 Å². The maximum atomic E-state index is 10.9. The molecule has 0 heterocycles. The Hall–Kier alpha value is -1.79. The second-order valence-corrected chi connectivity index (χ2v) is 2.73. The zero-order valence-corrected chi connectivity index (χ0v) is 7.48. The summed E-state index contributed by atoms with van der Waals surface area (Å²) < 4.78 is 0. The summed E-state index contributed by atoms with van der Waals surface area (Å²) in [5, 5.41) is 11.6. The zero-order valence-electron chi connectivity index (χ0n) is 7.48. The summed E-state index contributed by atoms with van der Waals surface area (Å²) in [5.41, 5.74) is 11.5. The van der Waals surface area contributed by atoms with Gasteiger partial charge in [-0.25, -0.2) is 5.26 Å². The van der Waals surface area contributed by atoms with Crippen LogP contribution < -0.4 is 16.4 Å². The second kappa shape index (κ2) is 3.95. The number of hydrogen-bond donors (Lipinski definition) is 3. The van der Waals surface area contributed by atoms with Gasteiger partial charge in [-0.2, -0.15) is 0 Å². The summed E-state index contributed by atoms with van der Waals surface area (Å²) in [6.07, 6.45) is 0. The number of amides is 1. The smallest absolute Gasteiger partial charge is 0.250 e. The third-order valence-corrected chi connectivity index (χ3v) is 1.74. The van der Waals surface area contributed by atoms with Gasteiger partial charge < -0.3 is 16.4 Å². The number of carbonyl (C=O) groups is 1. The minimum absolute atomic E-state index is 0.162. The highest BCUT2D eigenvalue weighted by Crippen LogP contribution is 2.24. The lowest BCUT2D eigenvalue weighted by Gasteiger charge is -2.07. The topological polar surface area (TPSA) is 108 Å². The number of aryl methyl sites for hydroxylation is 1. The van der Waals surface area contributed by atoms with Crippen molar-refractivity contribution < 1.29 is 20.0 Å². The molecule has 0 unspecified atom stereocenters. The van der Waals surface area contributed by atoms with E-state index in [-0.39, 0.29) is 17.0 Å². The molecule has 0 aromatic heterocycles. The van der Waals surface area contributed by atoms with Crippen molar-refractivity contribution in [2.75, 3.05) is 5.73 Å². The van der Waals surface area contributed by atoms with Crippen LogP contribution in [0.4, 0.5) is 5.69 Å². The van der Waals surface area contributed by atoms with Gasteiger partial charge in [0.05, 0.1) is 5.56 Å². The minimum Gasteiger partial charge on any atom is -0.398 e. The van der Waals surface area contributed by atoms with Gasteiger partial charge in [-0.3, -0.25) is 4.79 Å². The molecule has 0 spiro atoms. The number of nitrogen functional groups attached to an aromatic ring is 1. The van der Waals surface area contributed by atoms with Crippen LogP contribution in [0.15, 0.2) is 12.1 Å². The molecule has 1 amide bonds. The molecule has 6 nitrogen and oxygen atoms in total. The van der Waals surface area contributed by atoms with Gasteiger partial charge in [0.25, 0.3) is 5.91 Å². The lowest BCUT2D eigenvalue weighted by atomic mass is 10.1. The molecule has 5 N–H and O–H groups in total. The summed E-state index contributed by atoms with van der Waals surface area (Å²) in [7, 11) is 0. The molecule has 0 aliphatic heterocycles. The number of primary amides is 1. The van der Waals surface area contributed by atoms with Crippen molar-refractivity contribution in [3.8, 4) is 5.75 Å². The van der Waals surface area contributed by atoms with Gasteiger partial charge in [0, 0.05) is 11.8 Å². The van der Waals surface area contributed by atoms with Gasteiger partial charge in [0.2, 0.25) is 0 Å². The molecule has 6 heteroatoms. The quantitative estimate of drug-likeness (QED) is 0.371. The number of benzene rings is 1. The highest BCUT2D eigenvalue weighted by molar-refractivity contribution is 5.98. The van der Waals surface area contributed by atoms with Gasteiger partial charge >= 0.3 is 0 Å². The van der Waals surface area contributed by atoms with E-state index < -0.39 is 5.91 Å². The number of rotatable bonds is 3. The third kappa shape index (κ3) is 1.93. The average Bonchev–Trinajstić information content (AvgIpc) is 2.10. The van der Waals surface area contributed by atoms with Gasteiger partial charge in [-0.15, -0.1) is 0 Å². The summed E-state index contributed by atoms with van der Waals surface area (Å²) in [6, 6.07) is 2.79. The summed E-state index contributed by atoms with van der Waals surface area (Å²) in [4.78, 5) is 15.2. The molecule has 0 saturated carbocycles. The average molecular weight is 198 g/mol. The number of carbonyl (C=O) groups excluding carboxylic acids is 1. The fourth-order valence-electron chi connectivity index (χ4n) is 1.05. The highest BCUT2D eigenvalue weighted by atomic mass is 17.5. The monoisotopic (exact) mass is 198 g/mol. The van der Waals surface area contributed by atoms with Crippen molar-refractivity contribution in [3.05, 3.63) is 23.3 Å². The molecule has 1 aromatic carbocycles. The second-order valence-electron chi connectivity index (χ2n) is 2.73. The van der Waals surface area contributed by atoms with Gasteiger partial charge in [0.1, 0.15) is 0 Å². The van der Waals surface area contributed by atoms with E-state index in [1.807, 2.05) is 0 Å². The SMILES string of the molecule is Cc1cc(C(N)=O)c(N)cc1OOO. The minimum atomic E-state index is -0.623.